The molecule has 138 valence electrons. The molecule has 0 atom stereocenters. The van der Waals surface area contributed by atoms with Gasteiger partial charge in [-0.05, 0) is 36.0 Å². The van der Waals surface area contributed by atoms with Crippen LogP contribution in [-0.4, -0.2) is 35.6 Å². The van der Waals surface area contributed by atoms with Crippen LogP contribution in [0, 0.1) is 0 Å². The highest BCUT2D eigenvalue weighted by molar-refractivity contribution is 8.18. The van der Waals surface area contributed by atoms with Crippen molar-refractivity contribution in [2.45, 2.75) is 6.42 Å². The lowest BCUT2D eigenvalue weighted by atomic mass is 10.2. The van der Waals surface area contributed by atoms with Crippen molar-refractivity contribution in [3.05, 3.63) is 65.1 Å². The number of methoxy groups -OCH3 is 1. The third-order valence-electron chi connectivity index (χ3n) is 3.92. The van der Waals surface area contributed by atoms with Gasteiger partial charge in [0.05, 0.1) is 12.0 Å². The van der Waals surface area contributed by atoms with E-state index < -0.39 is 5.91 Å². The maximum absolute atomic E-state index is 12.5. The van der Waals surface area contributed by atoms with E-state index in [0.29, 0.717) is 21.9 Å². The van der Waals surface area contributed by atoms with Gasteiger partial charge < -0.3 is 10.1 Å². The number of carbonyl (C=O) groups is 3. The summed E-state index contributed by atoms with van der Waals surface area (Å²) in [5.41, 5.74) is 1.39. The van der Waals surface area contributed by atoms with Gasteiger partial charge in [0.25, 0.3) is 11.1 Å². The summed E-state index contributed by atoms with van der Waals surface area (Å²) in [5.74, 6) is -0.0380. The number of hydrogen-bond donors (Lipinski definition) is 1. The van der Waals surface area contributed by atoms with Gasteiger partial charge in [-0.25, -0.2) is 0 Å². The van der Waals surface area contributed by atoms with Crippen molar-refractivity contribution < 1.29 is 19.1 Å². The zero-order chi connectivity index (χ0) is 19.2. The highest BCUT2D eigenvalue weighted by Gasteiger charge is 2.35. The van der Waals surface area contributed by atoms with Crippen molar-refractivity contribution in [3.63, 3.8) is 0 Å². The number of imide groups is 1. The first kappa shape index (κ1) is 18.7. The van der Waals surface area contributed by atoms with Crippen LogP contribution in [0.1, 0.15) is 12.0 Å². The molecule has 1 N–H and O–H groups in total. The Morgan fingerprint density at radius 2 is 1.81 bits per heavy atom. The molecule has 2 aromatic carbocycles. The van der Waals surface area contributed by atoms with Gasteiger partial charge in [-0.1, -0.05) is 36.4 Å². The Morgan fingerprint density at radius 3 is 2.56 bits per heavy atom. The van der Waals surface area contributed by atoms with E-state index in [1.165, 1.54) is 0 Å². The standard InChI is InChI=1S/C20H18N2O4S/c1-26-16-10-6-5-7-14(16)13-17-19(24)22(20(25)27-17)12-11-18(23)21-15-8-3-2-4-9-15/h2-10,13H,11-12H2,1H3,(H,21,23). The molecule has 1 aliphatic heterocycles. The summed E-state index contributed by atoms with van der Waals surface area (Å²) in [5, 5.41) is 2.35. The van der Waals surface area contributed by atoms with Gasteiger partial charge in [0.2, 0.25) is 5.91 Å². The maximum atomic E-state index is 12.5. The smallest absolute Gasteiger partial charge is 0.293 e. The third kappa shape index (κ3) is 4.57. The molecule has 1 saturated heterocycles. The van der Waals surface area contributed by atoms with E-state index in [4.69, 9.17) is 4.74 Å². The molecule has 7 heteroatoms. The van der Waals surface area contributed by atoms with Crippen LogP contribution in [0.5, 0.6) is 5.75 Å². The van der Waals surface area contributed by atoms with Crippen molar-refractivity contribution >= 4 is 40.6 Å². The fourth-order valence-corrected chi connectivity index (χ4v) is 3.43. The first-order chi connectivity index (χ1) is 13.1. The van der Waals surface area contributed by atoms with Gasteiger partial charge in [-0.3, -0.25) is 19.3 Å². The molecule has 0 unspecified atom stereocenters. The Morgan fingerprint density at radius 1 is 1.11 bits per heavy atom. The summed E-state index contributed by atoms with van der Waals surface area (Å²) in [6, 6.07) is 16.3. The molecule has 0 saturated carbocycles. The molecule has 27 heavy (non-hydrogen) atoms. The van der Waals surface area contributed by atoms with Gasteiger partial charge in [-0.2, -0.15) is 0 Å². The summed E-state index contributed by atoms with van der Waals surface area (Å²) in [6.07, 6.45) is 1.67. The van der Waals surface area contributed by atoms with Crippen LogP contribution in [0.2, 0.25) is 0 Å². The number of anilines is 1. The summed E-state index contributed by atoms with van der Waals surface area (Å²) >= 11 is 0.863. The zero-order valence-corrected chi connectivity index (χ0v) is 15.5. The topological polar surface area (TPSA) is 75.7 Å². The molecule has 1 heterocycles. The lowest BCUT2D eigenvalue weighted by molar-refractivity contribution is -0.123. The number of rotatable bonds is 6. The Bertz CT molecular complexity index is 896. The monoisotopic (exact) mass is 382 g/mol. The average Bonchev–Trinajstić information content (AvgIpc) is 2.94. The van der Waals surface area contributed by atoms with Crippen LogP contribution < -0.4 is 10.1 Å². The number of benzene rings is 2. The van der Waals surface area contributed by atoms with Crippen molar-refractivity contribution in [2.75, 3.05) is 19.0 Å². The van der Waals surface area contributed by atoms with Crippen LogP contribution in [0.15, 0.2) is 59.5 Å². The first-order valence-electron chi connectivity index (χ1n) is 8.32. The number of thioether (sulfide) groups is 1. The Kier molecular flexibility index (Phi) is 5.93. The Labute approximate surface area is 161 Å². The third-order valence-corrected chi connectivity index (χ3v) is 4.83. The van der Waals surface area contributed by atoms with Crippen LogP contribution in [0.25, 0.3) is 6.08 Å². The molecule has 0 radical (unpaired) electrons. The van der Waals surface area contributed by atoms with Gasteiger partial charge in [-0.15, -0.1) is 0 Å². The van der Waals surface area contributed by atoms with E-state index in [1.54, 1.807) is 37.5 Å². The molecule has 0 aromatic heterocycles. The van der Waals surface area contributed by atoms with Crippen LogP contribution in [0.3, 0.4) is 0 Å². The predicted octanol–water partition coefficient (Wildman–Crippen LogP) is 3.76. The zero-order valence-electron chi connectivity index (χ0n) is 14.7. The molecule has 6 nitrogen and oxygen atoms in total. The molecule has 1 fully saturated rings. The van der Waals surface area contributed by atoms with Gasteiger partial charge in [0, 0.05) is 24.2 Å². The van der Waals surface area contributed by atoms with E-state index in [0.717, 1.165) is 16.7 Å². The van der Waals surface area contributed by atoms with E-state index in [2.05, 4.69) is 5.32 Å². The van der Waals surface area contributed by atoms with E-state index in [9.17, 15) is 14.4 Å². The number of hydrogen-bond acceptors (Lipinski definition) is 5. The van der Waals surface area contributed by atoms with Crippen molar-refractivity contribution in [1.82, 2.24) is 4.90 Å². The SMILES string of the molecule is COc1ccccc1C=C1SC(=O)N(CCC(=O)Nc2ccccc2)C1=O. The summed E-state index contributed by atoms with van der Waals surface area (Å²) in [4.78, 5) is 38.2. The highest BCUT2D eigenvalue weighted by Crippen LogP contribution is 2.33. The van der Waals surface area contributed by atoms with E-state index >= 15 is 0 Å². The minimum Gasteiger partial charge on any atom is -0.496 e. The van der Waals surface area contributed by atoms with Crippen molar-refractivity contribution in [3.8, 4) is 5.75 Å². The predicted molar refractivity (Wildman–Crippen MR) is 105 cm³/mol. The van der Waals surface area contributed by atoms with Crippen molar-refractivity contribution in [2.24, 2.45) is 0 Å². The number of para-hydroxylation sites is 2. The molecular formula is C20H18N2O4S. The normalized spacial score (nSPS) is 15.3. The number of nitrogens with one attached hydrogen (secondary N) is 1. The second-order valence-corrected chi connectivity index (χ2v) is 6.73. The molecule has 3 amide bonds. The minimum absolute atomic E-state index is 0.0343. The summed E-state index contributed by atoms with van der Waals surface area (Å²) < 4.78 is 5.26. The minimum atomic E-state index is -0.400. The molecular weight excluding hydrogens is 364 g/mol. The molecule has 1 aliphatic rings. The Hall–Kier alpha value is -3.06. The lowest BCUT2D eigenvalue weighted by Crippen LogP contribution is -2.31. The number of carbonyl (C=O) groups excluding carboxylic acids is 3. The number of ether oxygens (including phenoxy) is 1. The van der Waals surface area contributed by atoms with Gasteiger partial charge in [0.1, 0.15) is 5.75 Å². The van der Waals surface area contributed by atoms with E-state index in [-0.39, 0.29) is 24.1 Å². The second-order valence-electron chi connectivity index (χ2n) is 5.74. The molecule has 0 bridgehead atoms. The molecule has 3 rings (SSSR count). The summed E-state index contributed by atoms with van der Waals surface area (Å²) in [7, 11) is 1.55. The highest BCUT2D eigenvalue weighted by atomic mass is 32.2. The van der Waals surface area contributed by atoms with Crippen molar-refractivity contribution in [1.29, 1.82) is 0 Å². The van der Waals surface area contributed by atoms with Gasteiger partial charge >= 0.3 is 0 Å². The van der Waals surface area contributed by atoms with Crippen LogP contribution >= 0.6 is 11.8 Å². The fourth-order valence-electron chi connectivity index (χ4n) is 2.58. The second kappa shape index (κ2) is 8.55. The number of nitrogens with zero attached hydrogens (tertiary/aromatic N) is 1. The first-order valence-corrected chi connectivity index (χ1v) is 9.13. The lowest BCUT2D eigenvalue weighted by Gasteiger charge is -2.12. The Balaban J connectivity index is 1.64. The van der Waals surface area contributed by atoms with Gasteiger partial charge in [0.15, 0.2) is 0 Å². The quantitative estimate of drug-likeness (QED) is 0.770. The van der Waals surface area contributed by atoms with Crippen LogP contribution in [-0.2, 0) is 9.59 Å². The maximum Gasteiger partial charge on any atom is 0.293 e. The largest absolute Gasteiger partial charge is 0.496 e. The van der Waals surface area contributed by atoms with Crippen LogP contribution in [0.4, 0.5) is 10.5 Å². The number of amides is 3. The molecule has 2 aromatic rings. The molecule has 0 spiro atoms. The average molecular weight is 382 g/mol. The summed E-state index contributed by atoms with van der Waals surface area (Å²) in [6.45, 7) is 0.0343. The fraction of sp³-hybridized carbons (Fsp3) is 0.150. The molecule has 0 aliphatic carbocycles. The van der Waals surface area contributed by atoms with E-state index in [1.807, 2.05) is 30.3 Å².